The Bertz CT molecular complexity index is 332. The number of hydrogen-bond acceptors (Lipinski definition) is 2. The number of hydrogen-bond donors (Lipinski definition) is 1. The first-order valence-electron chi connectivity index (χ1n) is 5.16. The number of rotatable bonds is 2. The zero-order valence-electron chi connectivity index (χ0n) is 8.46. The molecule has 0 saturated heterocycles. The molecule has 1 aliphatic heterocycles. The molecular weight excluding hydrogens is 242 g/mol. The van der Waals surface area contributed by atoms with Crippen molar-refractivity contribution in [1.29, 1.82) is 0 Å². The van der Waals surface area contributed by atoms with Crippen molar-refractivity contribution in [2.24, 2.45) is 11.7 Å². The third-order valence-corrected chi connectivity index (χ3v) is 3.69. The molecule has 0 radical (unpaired) electrons. The lowest BCUT2D eigenvalue weighted by atomic mass is 10.0. The summed E-state index contributed by atoms with van der Waals surface area (Å²) in [5, 5.41) is 0. The van der Waals surface area contributed by atoms with Gasteiger partial charge in [-0.25, -0.2) is 4.98 Å². The molecule has 0 saturated carbocycles. The topological polar surface area (TPSA) is 43.8 Å². The molecule has 3 nitrogen and oxygen atoms in total. The second kappa shape index (κ2) is 4.03. The lowest BCUT2D eigenvalue weighted by molar-refractivity contribution is 0.406. The van der Waals surface area contributed by atoms with E-state index in [-0.39, 0.29) is 0 Å². The van der Waals surface area contributed by atoms with Crippen LogP contribution in [0.15, 0.2) is 4.60 Å². The minimum atomic E-state index is 0.671. The van der Waals surface area contributed by atoms with Crippen molar-refractivity contribution < 1.29 is 0 Å². The minimum absolute atomic E-state index is 0.671. The van der Waals surface area contributed by atoms with Crippen molar-refractivity contribution >= 4 is 15.9 Å². The highest BCUT2D eigenvalue weighted by atomic mass is 79.9. The van der Waals surface area contributed by atoms with Gasteiger partial charge in [0.05, 0.1) is 5.69 Å². The maximum atomic E-state index is 5.54. The SMILES string of the molecule is CC1CCn2c(nc(CCN)c2Br)C1. The van der Waals surface area contributed by atoms with E-state index in [1.807, 2.05) is 0 Å². The average Bonchev–Trinajstić information content (AvgIpc) is 2.44. The van der Waals surface area contributed by atoms with Crippen LogP contribution >= 0.6 is 15.9 Å². The summed E-state index contributed by atoms with van der Waals surface area (Å²) >= 11 is 3.60. The van der Waals surface area contributed by atoms with E-state index in [0.29, 0.717) is 6.54 Å². The zero-order chi connectivity index (χ0) is 10.1. The first-order chi connectivity index (χ1) is 6.72. The number of halogens is 1. The molecule has 78 valence electrons. The molecule has 4 heteroatoms. The van der Waals surface area contributed by atoms with Crippen molar-refractivity contribution in [3.8, 4) is 0 Å². The van der Waals surface area contributed by atoms with E-state index >= 15 is 0 Å². The monoisotopic (exact) mass is 257 g/mol. The molecule has 0 fully saturated rings. The van der Waals surface area contributed by atoms with Crippen molar-refractivity contribution in [2.75, 3.05) is 6.54 Å². The summed E-state index contributed by atoms with van der Waals surface area (Å²) in [6, 6.07) is 0. The zero-order valence-corrected chi connectivity index (χ0v) is 10.0. The number of nitrogens with zero attached hydrogens (tertiary/aromatic N) is 2. The summed E-state index contributed by atoms with van der Waals surface area (Å²) < 4.78 is 3.43. The Morgan fingerprint density at radius 2 is 2.43 bits per heavy atom. The van der Waals surface area contributed by atoms with E-state index in [1.54, 1.807) is 0 Å². The van der Waals surface area contributed by atoms with Crippen LogP contribution in [-0.4, -0.2) is 16.1 Å². The first-order valence-corrected chi connectivity index (χ1v) is 5.95. The molecule has 0 bridgehead atoms. The molecule has 1 aliphatic rings. The van der Waals surface area contributed by atoms with Gasteiger partial charge in [0.1, 0.15) is 10.4 Å². The number of imidazole rings is 1. The third-order valence-electron chi connectivity index (χ3n) is 2.81. The molecule has 1 unspecified atom stereocenters. The van der Waals surface area contributed by atoms with E-state index < -0.39 is 0 Å². The minimum Gasteiger partial charge on any atom is -0.330 e. The highest BCUT2D eigenvalue weighted by Crippen LogP contribution is 2.26. The van der Waals surface area contributed by atoms with Crippen LogP contribution in [0.5, 0.6) is 0 Å². The number of aromatic nitrogens is 2. The summed E-state index contributed by atoms with van der Waals surface area (Å²) in [4.78, 5) is 4.63. The van der Waals surface area contributed by atoms with Crippen LogP contribution in [0.4, 0.5) is 0 Å². The van der Waals surface area contributed by atoms with Gasteiger partial charge >= 0.3 is 0 Å². The van der Waals surface area contributed by atoms with Gasteiger partial charge in [0.15, 0.2) is 0 Å². The Morgan fingerprint density at radius 1 is 1.64 bits per heavy atom. The van der Waals surface area contributed by atoms with Crippen LogP contribution in [0.25, 0.3) is 0 Å². The van der Waals surface area contributed by atoms with Crippen LogP contribution in [0.1, 0.15) is 24.9 Å². The second-order valence-electron chi connectivity index (χ2n) is 4.05. The average molecular weight is 258 g/mol. The fraction of sp³-hybridized carbons (Fsp3) is 0.700. The molecular formula is C10H16BrN3. The lowest BCUT2D eigenvalue weighted by Crippen LogP contribution is -2.17. The van der Waals surface area contributed by atoms with Gasteiger partial charge in [-0.1, -0.05) is 6.92 Å². The largest absolute Gasteiger partial charge is 0.330 e. The van der Waals surface area contributed by atoms with Crippen LogP contribution in [-0.2, 0) is 19.4 Å². The van der Waals surface area contributed by atoms with Crippen molar-refractivity contribution in [3.05, 3.63) is 16.1 Å². The van der Waals surface area contributed by atoms with Crippen LogP contribution in [0, 0.1) is 5.92 Å². The Balaban J connectivity index is 2.31. The van der Waals surface area contributed by atoms with Gasteiger partial charge in [-0.15, -0.1) is 0 Å². The Morgan fingerprint density at radius 3 is 3.14 bits per heavy atom. The van der Waals surface area contributed by atoms with Crippen molar-refractivity contribution in [3.63, 3.8) is 0 Å². The molecule has 14 heavy (non-hydrogen) atoms. The maximum absolute atomic E-state index is 5.54. The van der Waals surface area contributed by atoms with E-state index in [0.717, 1.165) is 35.6 Å². The Hall–Kier alpha value is -0.350. The smallest absolute Gasteiger partial charge is 0.110 e. The van der Waals surface area contributed by atoms with E-state index in [2.05, 4.69) is 32.4 Å². The Labute approximate surface area is 92.8 Å². The van der Waals surface area contributed by atoms with Gasteiger partial charge in [-0.2, -0.15) is 0 Å². The van der Waals surface area contributed by atoms with Crippen LogP contribution in [0.2, 0.25) is 0 Å². The van der Waals surface area contributed by atoms with Gasteiger partial charge < -0.3 is 10.3 Å². The maximum Gasteiger partial charge on any atom is 0.110 e. The predicted octanol–water partition coefficient (Wildman–Crippen LogP) is 1.73. The quantitative estimate of drug-likeness (QED) is 0.877. The molecule has 0 aliphatic carbocycles. The normalized spacial score (nSPS) is 20.9. The molecule has 0 amide bonds. The lowest BCUT2D eigenvalue weighted by Gasteiger charge is -2.20. The molecule has 2 rings (SSSR count). The van der Waals surface area contributed by atoms with E-state index in [9.17, 15) is 0 Å². The van der Waals surface area contributed by atoms with Crippen LogP contribution in [0.3, 0.4) is 0 Å². The first kappa shape index (κ1) is 10.2. The standard InChI is InChI=1S/C10H16BrN3/c1-7-3-5-14-9(6-7)13-8(2-4-12)10(14)11/h7H,2-6,12H2,1H3. The summed E-state index contributed by atoms with van der Waals surface area (Å²) in [7, 11) is 0. The molecule has 1 atom stereocenters. The molecule has 0 spiro atoms. The summed E-state index contributed by atoms with van der Waals surface area (Å²) in [6.07, 6.45) is 3.22. The van der Waals surface area contributed by atoms with Gasteiger partial charge in [0.2, 0.25) is 0 Å². The van der Waals surface area contributed by atoms with Crippen LogP contribution < -0.4 is 5.73 Å². The van der Waals surface area contributed by atoms with E-state index in [4.69, 9.17) is 5.73 Å². The van der Waals surface area contributed by atoms with E-state index in [1.165, 1.54) is 12.2 Å². The second-order valence-corrected chi connectivity index (χ2v) is 4.80. The highest BCUT2D eigenvalue weighted by molar-refractivity contribution is 9.10. The predicted molar refractivity (Wildman–Crippen MR) is 60.2 cm³/mol. The highest BCUT2D eigenvalue weighted by Gasteiger charge is 2.20. The molecule has 1 aromatic heterocycles. The Kier molecular flexibility index (Phi) is 2.93. The van der Waals surface area contributed by atoms with Gasteiger partial charge in [-0.3, -0.25) is 0 Å². The number of nitrogens with two attached hydrogens (primary N) is 1. The van der Waals surface area contributed by atoms with Crippen molar-refractivity contribution in [1.82, 2.24) is 9.55 Å². The van der Waals surface area contributed by atoms with Gasteiger partial charge in [0, 0.05) is 19.4 Å². The molecule has 2 N–H and O–H groups in total. The number of fused-ring (bicyclic) bond motifs is 1. The summed E-state index contributed by atoms with van der Waals surface area (Å²) in [5.74, 6) is 1.99. The van der Waals surface area contributed by atoms with Gasteiger partial charge in [-0.05, 0) is 34.8 Å². The molecule has 2 heterocycles. The third kappa shape index (κ3) is 1.73. The van der Waals surface area contributed by atoms with Gasteiger partial charge in [0.25, 0.3) is 0 Å². The fourth-order valence-electron chi connectivity index (χ4n) is 1.97. The summed E-state index contributed by atoms with van der Waals surface area (Å²) in [6.45, 7) is 4.05. The molecule has 1 aromatic rings. The fourth-order valence-corrected chi connectivity index (χ4v) is 2.64. The molecule has 0 aromatic carbocycles. The summed E-state index contributed by atoms with van der Waals surface area (Å²) in [5.41, 5.74) is 6.67. The van der Waals surface area contributed by atoms with Crippen molar-refractivity contribution in [2.45, 2.75) is 32.7 Å².